The number of allylic oxidation sites excluding steroid dienone is 1. The molecule has 0 aromatic heterocycles. The number of carbonyl (C=O) groups is 3. The molecule has 146 valence electrons. The molecule has 3 amide bonds. The van der Waals surface area contributed by atoms with Crippen LogP contribution in [-0.2, 0) is 19.2 Å². The summed E-state index contributed by atoms with van der Waals surface area (Å²) in [6, 6.07) is 4.24. The van der Waals surface area contributed by atoms with Crippen LogP contribution in [0.25, 0.3) is 0 Å². The summed E-state index contributed by atoms with van der Waals surface area (Å²) < 4.78 is 0. The quantitative estimate of drug-likeness (QED) is 0.456. The van der Waals surface area contributed by atoms with Gasteiger partial charge in [0.05, 0.1) is 29.9 Å². The molecule has 0 aliphatic carbocycles. The van der Waals surface area contributed by atoms with Crippen molar-refractivity contribution in [2.24, 2.45) is 0 Å². The van der Waals surface area contributed by atoms with Crippen molar-refractivity contribution < 1.29 is 19.2 Å². The van der Waals surface area contributed by atoms with Crippen molar-refractivity contribution in [1.82, 2.24) is 5.06 Å². The first-order valence-electron chi connectivity index (χ1n) is 8.62. The lowest BCUT2D eigenvalue weighted by atomic mass is 10.1. The van der Waals surface area contributed by atoms with Gasteiger partial charge in [0.25, 0.3) is 11.8 Å². The third-order valence-electron chi connectivity index (χ3n) is 4.47. The van der Waals surface area contributed by atoms with E-state index in [1.807, 2.05) is 20.8 Å². The van der Waals surface area contributed by atoms with Crippen LogP contribution in [0.3, 0.4) is 0 Å². The second-order valence-electron chi connectivity index (χ2n) is 6.48. The molecular weight excluding hydrogens is 370 g/mol. The number of likely N-dealkylation sites (N-methyl/N-ethyl adjacent to an activating group) is 1. The van der Waals surface area contributed by atoms with Gasteiger partial charge in [0.1, 0.15) is 6.04 Å². The number of amides is 3. The summed E-state index contributed by atoms with van der Waals surface area (Å²) in [5.41, 5.74) is 2.20. The van der Waals surface area contributed by atoms with Crippen molar-refractivity contribution in [3.05, 3.63) is 34.4 Å². The molecule has 0 radical (unpaired) electrons. The number of hydrogen-bond acceptors (Lipinski definition) is 5. The molecule has 0 bridgehead atoms. The highest BCUT2D eigenvalue weighted by molar-refractivity contribution is 6.34. The van der Waals surface area contributed by atoms with Crippen LogP contribution in [0.2, 0.25) is 5.02 Å². The second-order valence-corrected chi connectivity index (χ2v) is 6.88. The van der Waals surface area contributed by atoms with Crippen LogP contribution < -0.4 is 10.2 Å². The first kappa shape index (κ1) is 20.9. The maximum absolute atomic E-state index is 12.6. The number of hydroxylamine groups is 2. The normalized spacial score (nSPS) is 15.2. The van der Waals surface area contributed by atoms with Gasteiger partial charge >= 0.3 is 0 Å². The van der Waals surface area contributed by atoms with Crippen LogP contribution in [0, 0.1) is 0 Å². The highest BCUT2D eigenvalue weighted by Gasteiger charge is 2.36. The van der Waals surface area contributed by atoms with Crippen LogP contribution in [0.4, 0.5) is 11.4 Å². The molecule has 1 heterocycles. The van der Waals surface area contributed by atoms with E-state index < -0.39 is 6.04 Å². The summed E-state index contributed by atoms with van der Waals surface area (Å²) >= 11 is 6.26. The molecule has 7 nitrogen and oxygen atoms in total. The number of rotatable bonds is 6. The van der Waals surface area contributed by atoms with E-state index in [4.69, 9.17) is 16.4 Å². The summed E-state index contributed by atoms with van der Waals surface area (Å²) in [5.74, 6) is -0.871. The molecule has 0 saturated carbocycles. The molecule has 27 heavy (non-hydrogen) atoms. The number of imide groups is 1. The number of anilines is 2. The van der Waals surface area contributed by atoms with E-state index in [1.165, 1.54) is 14.2 Å². The van der Waals surface area contributed by atoms with Crippen molar-refractivity contribution in [3.63, 3.8) is 0 Å². The summed E-state index contributed by atoms with van der Waals surface area (Å²) in [7, 11) is 2.93. The number of benzene rings is 1. The molecule has 0 spiro atoms. The Morgan fingerprint density at radius 2 is 2.04 bits per heavy atom. The van der Waals surface area contributed by atoms with Crippen LogP contribution in [0.1, 0.15) is 33.6 Å². The fourth-order valence-corrected chi connectivity index (χ4v) is 2.98. The standard InChI is InChI=1S/C19H24ClN3O4/c1-6-15(19(26)22(4)27-5)21-16-9-12(7-8-14(16)20)23-17(24)10-13(11(2)3)18(23)25/h7-9,15,21H,6,10H2,1-5H3. The minimum Gasteiger partial charge on any atom is -0.372 e. The fourth-order valence-electron chi connectivity index (χ4n) is 2.80. The largest absolute Gasteiger partial charge is 0.372 e. The highest BCUT2D eigenvalue weighted by Crippen LogP contribution is 2.33. The van der Waals surface area contributed by atoms with Crippen molar-refractivity contribution in [3.8, 4) is 0 Å². The van der Waals surface area contributed by atoms with Gasteiger partial charge in [-0.1, -0.05) is 24.1 Å². The third-order valence-corrected chi connectivity index (χ3v) is 4.80. The van der Waals surface area contributed by atoms with E-state index in [1.54, 1.807) is 18.2 Å². The summed E-state index contributed by atoms with van der Waals surface area (Å²) in [6.45, 7) is 5.47. The number of nitrogens with one attached hydrogen (secondary N) is 1. The highest BCUT2D eigenvalue weighted by atomic mass is 35.5. The number of hydrogen-bond donors (Lipinski definition) is 1. The average molecular weight is 394 g/mol. The molecule has 8 heteroatoms. The number of halogens is 1. The van der Waals surface area contributed by atoms with Crippen LogP contribution in [0.15, 0.2) is 29.3 Å². The van der Waals surface area contributed by atoms with Crippen molar-refractivity contribution in [2.75, 3.05) is 24.4 Å². The van der Waals surface area contributed by atoms with Crippen LogP contribution >= 0.6 is 11.6 Å². The van der Waals surface area contributed by atoms with E-state index in [2.05, 4.69) is 5.32 Å². The number of carbonyl (C=O) groups excluding carboxylic acids is 3. The Morgan fingerprint density at radius 3 is 2.56 bits per heavy atom. The molecule has 1 N–H and O–H groups in total. The van der Waals surface area contributed by atoms with Gasteiger partial charge in [0.15, 0.2) is 0 Å². The fraction of sp³-hybridized carbons (Fsp3) is 0.421. The predicted molar refractivity (Wildman–Crippen MR) is 104 cm³/mol. The lowest BCUT2D eigenvalue weighted by Crippen LogP contribution is -2.40. The first-order chi connectivity index (χ1) is 12.7. The monoisotopic (exact) mass is 393 g/mol. The molecule has 1 aliphatic rings. The smallest absolute Gasteiger partial charge is 0.268 e. The number of nitrogens with zero attached hydrogens (tertiary/aromatic N) is 2. The third kappa shape index (κ3) is 4.31. The van der Waals surface area contributed by atoms with Gasteiger partial charge < -0.3 is 5.32 Å². The SMILES string of the molecule is CCC(Nc1cc(N2C(=O)CC(=C(C)C)C2=O)ccc1Cl)C(=O)N(C)OC. The van der Waals surface area contributed by atoms with E-state index in [0.717, 1.165) is 15.5 Å². The van der Waals surface area contributed by atoms with Gasteiger partial charge in [0.2, 0.25) is 5.91 Å². The topological polar surface area (TPSA) is 79.0 Å². The Morgan fingerprint density at radius 1 is 1.37 bits per heavy atom. The second kappa shape index (κ2) is 8.54. The van der Waals surface area contributed by atoms with Gasteiger partial charge in [0, 0.05) is 12.6 Å². The maximum atomic E-state index is 12.6. The molecule has 1 aromatic carbocycles. The van der Waals surface area contributed by atoms with E-state index in [-0.39, 0.29) is 24.1 Å². The minimum absolute atomic E-state index is 0.0846. The van der Waals surface area contributed by atoms with Crippen molar-refractivity contribution >= 4 is 40.7 Å². The molecule has 1 aliphatic heterocycles. The Kier molecular flexibility index (Phi) is 6.62. The average Bonchev–Trinajstić information content (AvgIpc) is 2.94. The van der Waals surface area contributed by atoms with Crippen molar-refractivity contribution in [2.45, 2.75) is 39.7 Å². The Balaban J connectivity index is 2.34. The van der Waals surface area contributed by atoms with Gasteiger partial charge in [-0.2, -0.15) is 0 Å². The summed E-state index contributed by atoms with van der Waals surface area (Å²) in [6.07, 6.45) is 0.581. The van der Waals surface area contributed by atoms with Gasteiger partial charge in [-0.25, -0.2) is 9.96 Å². The molecular formula is C19H24ClN3O4. The van der Waals surface area contributed by atoms with Crippen LogP contribution in [-0.4, -0.2) is 43.0 Å². The molecule has 2 rings (SSSR count). The van der Waals surface area contributed by atoms with E-state index >= 15 is 0 Å². The first-order valence-corrected chi connectivity index (χ1v) is 9.00. The zero-order valence-corrected chi connectivity index (χ0v) is 16.9. The van der Waals surface area contributed by atoms with Crippen LogP contribution in [0.5, 0.6) is 0 Å². The van der Waals surface area contributed by atoms with Crippen molar-refractivity contribution in [1.29, 1.82) is 0 Å². The zero-order valence-electron chi connectivity index (χ0n) is 16.1. The Hall–Kier alpha value is -2.38. The summed E-state index contributed by atoms with van der Waals surface area (Å²) in [4.78, 5) is 43.4. The van der Waals surface area contributed by atoms with Gasteiger partial charge in [-0.05, 0) is 38.5 Å². The van der Waals surface area contributed by atoms with E-state index in [0.29, 0.717) is 28.4 Å². The molecule has 1 unspecified atom stereocenters. The predicted octanol–water partition coefficient (Wildman–Crippen LogP) is 3.15. The molecule has 1 aromatic rings. The summed E-state index contributed by atoms with van der Waals surface area (Å²) in [5, 5.41) is 4.59. The lowest BCUT2D eigenvalue weighted by molar-refractivity contribution is -0.169. The lowest BCUT2D eigenvalue weighted by Gasteiger charge is -2.24. The Bertz CT molecular complexity index is 802. The molecule has 1 atom stereocenters. The maximum Gasteiger partial charge on any atom is 0.268 e. The van der Waals surface area contributed by atoms with Gasteiger partial charge in [-0.3, -0.25) is 19.2 Å². The zero-order chi connectivity index (χ0) is 20.3. The molecule has 1 saturated heterocycles. The Labute approximate surface area is 163 Å². The molecule has 1 fully saturated rings. The van der Waals surface area contributed by atoms with E-state index in [9.17, 15) is 14.4 Å². The van der Waals surface area contributed by atoms with Gasteiger partial charge in [-0.15, -0.1) is 0 Å². The minimum atomic E-state index is -0.568.